The fraction of sp³-hybridized carbons (Fsp3) is 0.174. The number of pyridine rings is 1. The molecule has 5 nitrogen and oxygen atoms in total. The molecule has 1 aromatic heterocycles. The lowest BCUT2D eigenvalue weighted by Crippen LogP contribution is -2.24. The van der Waals surface area contributed by atoms with Crippen LogP contribution in [0.15, 0.2) is 54.7 Å². The molecule has 0 aliphatic heterocycles. The molecule has 0 spiro atoms. The fourth-order valence-corrected chi connectivity index (χ4v) is 3.18. The Balaban J connectivity index is 1.81. The summed E-state index contributed by atoms with van der Waals surface area (Å²) >= 11 is 6.08. The van der Waals surface area contributed by atoms with Gasteiger partial charge >= 0.3 is 0 Å². The smallest absolute Gasteiger partial charge is 0.253 e. The third-order valence-corrected chi connectivity index (χ3v) is 4.87. The summed E-state index contributed by atoms with van der Waals surface area (Å²) in [6.45, 7) is 4.25. The Labute approximate surface area is 179 Å². The zero-order valence-corrected chi connectivity index (χ0v) is 17.3. The molecule has 2 N–H and O–H groups in total. The summed E-state index contributed by atoms with van der Waals surface area (Å²) in [6.07, 6.45) is 1.51. The summed E-state index contributed by atoms with van der Waals surface area (Å²) in [5.74, 6) is -0.0104. The SMILES string of the molecule is CC(C)c1cc(Nc2cccc(Cl)c2C#N)ncc1C(=O)NCc1ccc(F)cc1. The van der Waals surface area contributed by atoms with Crippen molar-refractivity contribution in [3.8, 4) is 6.07 Å². The number of carbonyl (C=O) groups is 1. The molecule has 1 amide bonds. The molecule has 152 valence electrons. The van der Waals surface area contributed by atoms with Gasteiger partial charge in [0.25, 0.3) is 5.91 Å². The van der Waals surface area contributed by atoms with Gasteiger partial charge in [0, 0.05) is 12.7 Å². The van der Waals surface area contributed by atoms with Crippen LogP contribution in [0.3, 0.4) is 0 Å². The molecule has 30 heavy (non-hydrogen) atoms. The number of rotatable bonds is 6. The van der Waals surface area contributed by atoms with E-state index in [4.69, 9.17) is 11.6 Å². The molecule has 0 fully saturated rings. The van der Waals surface area contributed by atoms with E-state index in [1.165, 1.54) is 18.3 Å². The number of hydrogen-bond acceptors (Lipinski definition) is 4. The summed E-state index contributed by atoms with van der Waals surface area (Å²) in [6, 6.07) is 15.0. The maximum absolute atomic E-state index is 13.0. The maximum Gasteiger partial charge on any atom is 0.253 e. The summed E-state index contributed by atoms with van der Waals surface area (Å²) in [5.41, 5.74) is 2.94. The molecule has 7 heteroatoms. The molecule has 3 aromatic rings. The predicted molar refractivity (Wildman–Crippen MR) is 115 cm³/mol. The minimum absolute atomic E-state index is 0.0647. The van der Waals surface area contributed by atoms with Gasteiger partial charge in [-0.3, -0.25) is 4.79 Å². The first-order chi connectivity index (χ1) is 14.4. The van der Waals surface area contributed by atoms with Crippen LogP contribution in [0.1, 0.15) is 46.8 Å². The van der Waals surface area contributed by atoms with E-state index < -0.39 is 0 Å². The van der Waals surface area contributed by atoms with Crippen molar-refractivity contribution in [2.75, 3.05) is 5.32 Å². The molecule has 0 atom stereocenters. The number of halogens is 2. The third-order valence-electron chi connectivity index (χ3n) is 4.56. The number of carbonyl (C=O) groups excluding carboxylic acids is 1. The molecule has 0 saturated heterocycles. The number of benzene rings is 2. The van der Waals surface area contributed by atoms with Gasteiger partial charge in [0.15, 0.2) is 0 Å². The van der Waals surface area contributed by atoms with Crippen LogP contribution in [0.5, 0.6) is 0 Å². The van der Waals surface area contributed by atoms with Gasteiger partial charge in [0.2, 0.25) is 0 Å². The van der Waals surface area contributed by atoms with Gasteiger partial charge in [-0.25, -0.2) is 9.37 Å². The molecule has 0 aliphatic carbocycles. The van der Waals surface area contributed by atoms with E-state index in [9.17, 15) is 14.4 Å². The molecule has 0 unspecified atom stereocenters. The summed E-state index contributed by atoms with van der Waals surface area (Å²) in [4.78, 5) is 17.1. The molecule has 0 saturated carbocycles. The van der Waals surface area contributed by atoms with Crippen LogP contribution < -0.4 is 10.6 Å². The van der Waals surface area contributed by atoms with Gasteiger partial charge in [-0.15, -0.1) is 0 Å². The summed E-state index contributed by atoms with van der Waals surface area (Å²) in [7, 11) is 0. The van der Waals surface area contributed by atoms with Crippen molar-refractivity contribution in [1.82, 2.24) is 10.3 Å². The first-order valence-corrected chi connectivity index (χ1v) is 9.75. The van der Waals surface area contributed by atoms with Gasteiger partial charge in [-0.2, -0.15) is 5.26 Å². The van der Waals surface area contributed by atoms with E-state index in [0.717, 1.165) is 11.1 Å². The highest BCUT2D eigenvalue weighted by Gasteiger charge is 2.16. The third kappa shape index (κ3) is 4.94. The molecule has 1 heterocycles. The number of amides is 1. The minimum Gasteiger partial charge on any atom is -0.348 e. The molecular formula is C23H20ClFN4O. The Morgan fingerprint density at radius 1 is 1.23 bits per heavy atom. The van der Waals surface area contributed by atoms with E-state index in [0.29, 0.717) is 27.7 Å². The van der Waals surface area contributed by atoms with Gasteiger partial charge in [-0.05, 0) is 47.4 Å². The monoisotopic (exact) mass is 422 g/mol. The van der Waals surface area contributed by atoms with Crippen LogP contribution in [-0.2, 0) is 6.54 Å². The van der Waals surface area contributed by atoms with E-state index in [1.807, 2.05) is 13.8 Å². The molecule has 0 radical (unpaired) electrons. The molecule has 3 rings (SSSR count). The number of nitriles is 1. The van der Waals surface area contributed by atoms with Crippen molar-refractivity contribution in [2.24, 2.45) is 0 Å². The Kier molecular flexibility index (Phi) is 6.65. The average Bonchev–Trinajstić information content (AvgIpc) is 2.73. The predicted octanol–water partition coefficient (Wildman–Crippen LogP) is 5.54. The van der Waals surface area contributed by atoms with Crippen LogP contribution >= 0.6 is 11.6 Å². The maximum atomic E-state index is 13.0. The van der Waals surface area contributed by atoms with Crippen molar-refractivity contribution in [1.29, 1.82) is 5.26 Å². The average molecular weight is 423 g/mol. The number of nitrogens with one attached hydrogen (secondary N) is 2. The van der Waals surface area contributed by atoms with Gasteiger partial charge in [-0.1, -0.05) is 43.6 Å². The second kappa shape index (κ2) is 9.38. The van der Waals surface area contributed by atoms with Crippen LogP contribution in [0.2, 0.25) is 5.02 Å². The number of anilines is 2. The minimum atomic E-state index is -0.321. The van der Waals surface area contributed by atoms with E-state index >= 15 is 0 Å². The normalized spacial score (nSPS) is 10.5. The molecular weight excluding hydrogens is 403 g/mol. The lowest BCUT2D eigenvalue weighted by Gasteiger charge is -2.15. The first kappa shape index (κ1) is 21.3. The number of aromatic nitrogens is 1. The van der Waals surface area contributed by atoms with Gasteiger partial charge in [0.1, 0.15) is 17.7 Å². The van der Waals surface area contributed by atoms with Crippen molar-refractivity contribution in [2.45, 2.75) is 26.3 Å². The highest BCUT2D eigenvalue weighted by molar-refractivity contribution is 6.32. The Morgan fingerprint density at radius 3 is 2.63 bits per heavy atom. The topological polar surface area (TPSA) is 77.8 Å². The van der Waals surface area contributed by atoms with E-state index in [1.54, 1.807) is 36.4 Å². The highest BCUT2D eigenvalue weighted by atomic mass is 35.5. The quantitative estimate of drug-likeness (QED) is 0.546. The second-order valence-electron chi connectivity index (χ2n) is 7.02. The Hall–Kier alpha value is -3.43. The summed E-state index contributed by atoms with van der Waals surface area (Å²) in [5, 5.41) is 15.6. The van der Waals surface area contributed by atoms with Crippen molar-refractivity contribution in [3.63, 3.8) is 0 Å². The van der Waals surface area contributed by atoms with E-state index in [2.05, 4.69) is 21.7 Å². The van der Waals surface area contributed by atoms with Crippen LogP contribution in [-0.4, -0.2) is 10.9 Å². The lowest BCUT2D eigenvalue weighted by molar-refractivity contribution is 0.0949. The zero-order chi connectivity index (χ0) is 21.7. The lowest BCUT2D eigenvalue weighted by atomic mass is 9.98. The second-order valence-corrected chi connectivity index (χ2v) is 7.43. The Bertz CT molecular complexity index is 1110. The van der Waals surface area contributed by atoms with Crippen molar-refractivity contribution in [3.05, 3.63) is 87.8 Å². The van der Waals surface area contributed by atoms with Crippen molar-refractivity contribution < 1.29 is 9.18 Å². The molecule has 0 aliphatic rings. The summed E-state index contributed by atoms with van der Waals surface area (Å²) < 4.78 is 13.0. The van der Waals surface area contributed by atoms with Crippen LogP contribution in [0, 0.1) is 17.1 Å². The van der Waals surface area contributed by atoms with Gasteiger partial charge in [0.05, 0.1) is 21.8 Å². The first-order valence-electron chi connectivity index (χ1n) is 9.37. The zero-order valence-electron chi connectivity index (χ0n) is 16.5. The highest BCUT2D eigenvalue weighted by Crippen LogP contribution is 2.28. The van der Waals surface area contributed by atoms with Gasteiger partial charge < -0.3 is 10.6 Å². The Morgan fingerprint density at radius 2 is 1.97 bits per heavy atom. The largest absolute Gasteiger partial charge is 0.348 e. The van der Waals surface area contributed by atoms with Crippen molar-refractivity contribution >= 4 is 29.0 Å². The molecule has 0 bridgehead atoms. The van der Waals surface area contributed by atoms with Crippen LogP contribution in [0.25, 0.3) is 0 Å². The number of nitrogens with zero attached hydrogens (tertiary/aromatic N) is 2. The van der Waals surface area contributed by atoms with E-state index in [-0.39, 0.29) is 24.2 Å². The standard InChI is InChI=1S/C23H20ClFN4O/c1-14(2)17-10-22(29-21-5-3-4-20(24)18(21)11-26)27-13-19(17)23(30)28-12-15-6-8-16(25)9-7-15/h3-10,13-14H,12H2,1-2H3,(H,27,29)(H,28,30). The molecule has 2 aromatic carbocycles. The fourth-order valence-electron chi connectivity index (χ4n) is 2.97. The van der Waals surface area contributed by atoms with Crippen LogP contribution in [0.4, 0.5) is 15.9 Å². The number of hydrogen-bond donors (Lipinski definition) is 2.